The molecule has 0 aliphatic carbocycles. The first-order valence-electron chi connectivity index (χ1n) is 10.6. The fourth-order valence-electron chi connectivity index (χ4n) is 4.05. The summed E-state index contributed by atoms with van der Waals surface area (Å²) in [6.07, 6.45) is 0. The summed E-state index contributed by atoms with van der Waals surface area (Å²) in [5.74, 6) is -3.64. The summed E-state index contributed by atoms with van der Waals surface area (Å²) in [5, 5.41) is 2.79. The van der Waals surface area contributed by atoms with Crippen LogP contribution in [0.5, 0.6) is 0 Å². The third kappa shape index (κ3) is 4.32. The van der Waals surface area contributed by atoms with E-state index in [1.165, 1.54) is 12.1 Å². The van der Waals surface area contributed by atoms with E-state index in [2.05, 4.69) is 5.32 Å². The topological polar surface area (TPSA) is 89.5 Å². The SMILES string of the molecule is CCOC(=O)C1C(S(=O)(=O)c2ccccc2)=C(c2ccccc2)NC(=O)C1c1ccccc1. The van der Waals surface area contributed by atoms with Gasteiger partial charge in [0, 0.05) is 0 Å². The van der Waals surface area contributed by atoms with E-state index in [1.807, 2.05) is 0 Å². The smallest absolute Gasteiger partial charge is 0.315 e. The first kappa shape index (κ1) is 22.5. The molecule has 4 rings (SSSR count). The van der Waals surface area contributed by atoms with Gasteiger partial charge < -0.3 is 10.1 Å². The average Bonchev–Trinajstić information content (AvgIpc) is 2.85. The van der Waals surface area contributed by atoms with Gasteiger partial charge >= 0.3 is 5.97 Å². The van der Waals surface area contributed by atoms with Crippen molar-refractivity contribution in [1.29, 1.82) is 0 Å². The number of hydrogen-bond acceptors (Lipinski definition) is 5. The highest BCUT2D eigenvalue weighted by molar-refractivity contribution is 7.95. The van der Waals surface area contributed by atoms with Gasteiger partial charge in [-0.25, -0.2) is 8.42 Å². The number of rotatable bonds is 6. The molecule has 2 unspecified atom stereocenters. The molecule has 1 heterocycles. The number of sulfone groups is 1. The van der Waals surface area contributed by atoms with Crippen molar-refractivity contribution in [3.05, 3.63) is 107 Å². The van der Waals surface area contributed by atoms with Gasteiger partial charge in [-0.05, 0) is 30.2 Å². The molecule has 1 N–H and O–H groups in total. The maximum atomic E-state index is 14.0. The van der Waals surface area contributed by atoms with Gasteiger partial charge in [0.1, 0.15) is 5.92 Å². The zero-order chi connectivity index (χ0) is 23.4. The molecule has 0 saturated carbocycles. The van der Waals surface area contributed by atoms with Crippen molar-refractivity contribution in [1.82, 2.24) is 5.32 Å². The van der Waals surface area contributed by atoms with Crippen molar-refractivity contribution in [3.63, 3.8) is 0 Å². The second-order valence-electron chi connectivity index (χ2n) is 7.53. The van der Waals surface area contributed by atoms with Gasteiger partial charge in [0.05, 0.1) is 28.0 Å². The molecule has 0 aromatic heterocycles. The molecule has 1 aliphatic rings. The third-order valence-electron chi connectivity index (χ3n) is 5.50. The molecule has 1 amide bonds. The zero-order valence-electron chi connectivity index (χ0n) is 18.0. The van der Waals surface area contributed by atoms with Gasteiger partial charge in [-0.3, -0.25) is 9.59 Å². The third-order valence-corrected chi connectivity index (χ3v) is 7.43. The van der Waals surface area contributed by atoms with Crippen LogP contribution in [0.4, 0.5) is 0 Å². The average molecular weight is 462 g/mol. The molecular formula is C26H23NO5S. The molecule has 2 atom stereocenters. The molecule has 6 nitrogen and oxygen atoms in total. The predicted molar refractivity (Wildman–Crippen MR) is 124 cm³/mol. The van der Waals surface area contributed by atoms with Crippen LogP contribution in [0.25, 0.3) is 5.70 Å². The predicted octanol–water partition coefficient (Wildman–Crippen LogP) is 3.92. The summed E-state index contributed by atoms with van der Waals surface area (Å²) < 4.78 is 33.2. The number of benzene rings is 3. The molecule has 7 heteroatoms. The molecule has 0 fully saturated rings. The van der Waals surface area contributed by atoms with E-state index in [9.17, 15) is 18.0 Å². The summed E-state index contributed by atoms with van der Waals surface area (Å²) in [4.78, 5) is 26.5. The number of nitrogens with one attached hydrogen (secondary N) is 1. The van der Waals surface area contributed by atoms with Crippen LogP contribution in [-0.4, -0.2) is 26.9 Å². The maximum Gasteiger partial charge on any atom is 0.315 e. The minimum atomic E-state index is -4.17. The highest BCUT2D eigenvalue weighted by Crippen LogP contribution is 2.43. The summed E-state index contributed by atoms with van der Waals surface area (Å²) in [6, 6.07) is 25.2. The van der Waals surface area contributed by atoms with Crippen molar-refractivity contribution in [2.45, 2.75) is 17.7 Å². The van der Waals surface area contributed by atoms with Gasteiger partial charge in [-0.1, -0.05) is 78.9 Å². The Balaban J connectivity index is 2.04. The van der Waals surface area contributed by atoms with Crippen LogP contribution in [0.2, 0.25) is 0 Å². The number of amides is 1. The second-order valence-corrected chi connectivity index (χ2v) is 9.45. The van der Waals surface area contributed by atoms with Gasteiger partial charge in [-0.2, -0.15) is 0 Å². The molecule has 1 aliphatic heterocycles. The normalized spacial score (nSPS) is 18.5. The standard InChI is InChI=1S/C26H23NO5S/c1-2-32-26(29)22-21(18-12-6-3-7-13-18)25(28)27-23(19-14-8-4-9-15-19)24(22)33(30,31)20-16-10-5-11-17-20/h3-17,21-22H,2H2,1H3,(H,27,28). The van der Waals surface area contributed by atoms with Crippen molar-refractivity contribution in [2.75, 3.05) is 6.61 Å². The highest BCUT2D eigenvalue weighted by atomic mass is 32.2. The van der Waals surface area contributed by atoms with E-state index < -0.39 is 33.5 Å². The first-order valence-corrected chi connectivity index (χ1v) is 12.1. The van der Waals surface area contributed by atoms with Crippen molar-refractivity contribution < 1.29 is 22.7 Å². The molecule has 0 radical (unpaired) electrons. The van der Waals surface area contributed by atoms with E-state index in [4.69, 9.17) is 4.74 Å². The van der Waals surface area contributed by atoms with Crippen LogP contribution in [0, 0.1) is 5.92 Å². The Labute approximate surface area is 192 Å². The molecule has 3 aromatic rings. The van der Waals surface area contributed by atoms with Crippen molar-refractivity contribution >= 4 is 27.4 Å². The van der Waals surface area contributed by atoms with Gasteiger partial charge in [0.2, 0.25) is 15.7 Å². The largest absolute Gasteiger partial charge is 0.465 e. The Morgan fingerprint density at radius 1 is 0.879 bits per heavy atom. The quantitative estimate of drug-likeness (QED) is 0.562. The molecule has 3 aromatic carbocycles. The minimum Gasteiger partial charge on any atom is -0.465 e. The van der Waals surface area contributed by atoms with E-state index in [-0.39, 0.29) is 22.1 Å². The zero-order valence-corrected chi connectivity index (χ0v) is 18.8. The van der Waals surface area contributed by atoms with Gasteiger partial charge in [-0.15, -0.1) is 0 Å². The Morgan fingerprint density at radius 3 is 2.00 bits per heavy atom. The van der Waals surface area contributed by atoms with E-state index in [0.717, 1.165) is 0 Å². The molecule has 0 spiro atoms. The molecule has 0 bridgehead atoms. The number of esters is 1. The highest BCUT2D eigenvalue weighted by Gasteiger charge is 2.49. The fourth-order valence-corrected chi connectivity index (χ4v) is 5.82. The maximum absolute atomic E-state index is 14.0. The summed E-state index contributed by atoms with van der Waals surface area (Å²) in [5.41, 5.74) is 1.11. The van der Waals surface area contributed by atoms with E-state index in [1.54, 1.807) is 85.8 Å². The lowest BCUT2D eigenvalue weighted by atomic mass is 9.81. The lowest BCUT2D eigenvalue weighted by molar-refractivity contribution is -0.149. The van der Waals surface area contributed by atoms with Gasteiger partial charge in [0.15, 0.2) is 0 Å². The lowest BCUT2D eigenvalue weighted by Gasteiger charge is -2.33. The van der Waals surface area contributed by atoms with Crippen molar-refractivity contribution in [2.24, 2.45) is 5.92 Å². The number of hydrogen-bond donors (Lipinski definition) is 1. The fraction of sp³-hybridized carbons (Fsp3) is 0.154. The Bertz CT molecular complexity index is 1290. The monoisotopic (exact) mass is 461 g/mol. The molecule has 0 saturated heterocycles. The van der Waals surface area contributed by atoms with Gasteiger partial charge in [0.25, 0.3) is 0 Å². The van der Waals surface area contributed by atoms with Crippen LogP contribution < -0.4 is 5.32 Å². The summed E-state index contributed by atoms with van der Waals surface area (Å²) in [7, 11) is -4.17. The van der Waals surface area contributed by atoms with Crippen LogP contribution in [0.15, 0.2) is 101 Å². The van der Waals surface area contributed by atoms with Crippen LogP contribution in [-0.2, 0) is 24.2 Å². The number of carbonyl (C=O) groups excluding carboxylic acids is 2. The molecular weight excluding hydrogens is 438 g/mol. The van der Waals surface area contributed by atoms with Crippen LogP contribution in [0.3, 0.4) is 0 Å². The Kier molecular flexibility index (Phi) is 6.42. The second kappa shape index (κ2) is 9.42. The van der Waals surface area contributed by atoms with E-state index in [0.29, 0.717) is 11.1 Å². The van der Waals surface area contributed by atoms with Crippen molar-refractivity contribution in [3.8, 4) is 0 Å². The Morgan fingerprint density at radius 2 is 1.42 bits per heavy atom. The summed E-state index contributed by atoms with van der Waals surface area (Å²) >= 11 is 0. The lowest BCUT2D eigenvalue weighted by Crippen LogP contribution is -2.44. The Hall–Kier alpha value is -3.71. The first-order chi connectivity index (χ1) is 15.9. The number of ether oxygens (including phenoxy) is 1. The molecule has 33 heavy (non-hydrogen) atoms. The van der Waals surface area contributed by atoms with Crippen LogP contribution >= 0.6 is 0 Å². The summed E-state index contributed by atoms with van der Waals surface area (Å²) in [6.45, 7) is 1.70. The number of carbonyl (C=O) groups is 2. The van der Waals surface area contributed by atoms with E-state index >= 15 is 0 Å². The molecule has 168 valence electrons. The van der Waals surface area contributed by atoms with Crippen LogP contribution in [0.1, 0.15) is 24.0 Å². The minimum absolute atomic E-state index is 0.0330.